The van der Waals surface area contributed by atoms with Gasteiger partial charge in [0.15, 0.2) is 5.78 Å². The Morgan fingerprint density at radius 3 is 2.23 bits per heavy atom. The van der Waals surface area contributed by atoms with Crippen LogP contribution in [0.1, 0.15) is 44.3 Å². The first-order valence-electron chi connectivity index (χ1n) is 9.34. The van der Waals surface area contributed by atoms with E-state index >= 15 is 0 Å². The van der Waals surface area contributed by atoms with Crippen molar-refractivity contribution in [2.45, 2.75) is 20.0 Å². The van der Waals surface area contributed by atoms with E-state index in [0.29, 0.717) is 29.0 Å². The highest BCUT2D eigenvalue weighted by atomic mass is 16.5. The summed E-state index contributed by atoms with van der Waals surface area (Å²) < 4.78 is 11.2. The van der Waals surface area contributed by atoms with Crippen LogP contribution in [0, 0.1) is 0 Å². The Bertz CT molecular complexity index is 1070. The Hall–Kier alpha value is -3.80. The number of ketones is 1. The monoisotopic (exact) mass is 406 g/mol. The van der Waals surface area contributed by atoms with Crippen molar-refractivity contribution in [3.05, 3.63) is 88.5 Å². The molecule has 0 spiro atoms. The van der Waals surface area contributed by atoms with Gasteiger partial charge in [0.25, 0.3) is 0 Å². The Morgan fingerprint density at radius 2 is 1.60 bits per heavy atom. The number of ether oxygens (including phenoxy) is 2. The number of rotatable bonds is 8. The van der Waals surface area contributed by atoms with Crippen molar-refractivity contribution in [3.63, 3.8) is 0 Å². The maximum Gasteiger partial charge on any atom is 0.336 e. The summed E-state index contributed by atoms with van der Waals surface area (Å²) >= 11 is 0. The average Bonchev–Trinajstić information content (AvgIpc) is 2.74. The Kier molecular flexibility index (Phi) is 6.37. The number of carbonyl (C=O) groups is 2. The fraction of sp³-hybridized carbons (Fsp3) is 0.167. The molecule has 0 saturated heterocycles. The van der Waals surface area contributed by atoms with Gasteiger partial charge in [-0.3, -0.25) is 4.79 Å². The second-order valence-corrected chi connectivity index (χ2v) is 6.74. The molecule has 0 bridgehead atoms. The molecule has 0 aliphatic carbocycles. The number of aromatic carboxylic acids is 1. The normalized spacial score (nSPS) is 10.5. The van der Waals surface area contributed by atoms with Crippen LogP contribution < -0.4 is 9.47 Å². The van der Waals surface area contributed by atoms with Gasteiger partial charge in [0.05, 0.1) is 18.2 Å². The molecule has 0 radical (unpaired) electrons. The highest BCUT2D eigenvalue weighted by Gasteiger charge is 2.19. The van der Waals surface area contributed by atoms with Gasteiger partial charge in [-0.2, -0.15) is 0 Å². The summed E-state index contributed by atoms with van der Waals surface area (Å²) in [7, 11) is 1.46. The fourth-order valence-corrected chi connectivity index (χ4v) is 3.26. The molecule has 0 heterocycles. The van der Waals surface area contributed by atoms with Crippen LogP contribution >= 0.6 is 0 Å². The zero-order chi connectivity index (χ0) is 21.7. The smallest absolute Gasteiger partial charge is 0.336 e. The first kappa shape index (κ1) is 20.9. The third kappa shape index (κ3) is 4.43. The van der Waals surface area contributed by atoms with Crippen LogP contribution in [0.4, 0.5) is 0 Å². The molecule has 3 rings (SSSR count). The van der Waals surface area contributed by atoms with Crippen LogP contribution in [0.15, 0.2) is 60.7 Å². The van der Waals surface area contributed by atoms with Gasteiger partial charge in [0, 0.05) is 17.5 Å². The van der Waals surface area contributed by atoms with Gasteiger partial charge < -0.3 is 19.7 Å². The molecule has 0 fully saturated rings. The third-order valence-electron chi connectivity index (χ3n) is 4.80. The summed E-state index contributed by atoms with van der Waals surface area (Å²) in [5, 5.41) is 20.2. The van der Waals surface area contributed by atoms with Gasteiger partial charge in [-0.15, -0.1) is 0 Å². The van der Waals surface area contributed by atoms with Crippen molar-refractivity contribution in [1.29, 1.82) is 0 Å². The molecule has 0 aliphatic rings. The molecule has 30 heavy (non-hydrogen) atoms. The van der Waals surface area contributed by atoms with Crippen LogP contribution in [-0.4, -0.2) is 29.1 Å². The summed E-state index contributed by atoms with van der Waals surface area (Å²) in [6.07, 6.45) is 0.348. The highest BCUT2D eigenvalue weighted by Crippen LogP contribution is 2.35. The first-order valence-corrected chi connectivity index (χ1v) is 9.34. The maximum absolute atomic E-state index is 11.9. The predicted octanol–water partition coefficient (Wildman–Crippen LogP) is 4.47. The summed E-state index contributed by atoms with van der Waals surface area (Å²) in [6.45, 7) is 1.31. The zero-order valence-electron chi connectivity index (χ0n) is 16.7. The number of phenols is 1. The van der Waals surface area contributed by atoms with E-state index in [1.54, 1.807) is 18.2 Å². The molecule has 154 valence electrons. The molecule has 0 aliphatic heterocycles. The first-order chi connectivity index (χ1) is 14.4. The number of carboxylic acid groups (broad SMARTS) is 1. The van der Waals surface area contributed by atoms with Gasteiger partial charge >= 0.3 is 5.97 Å². The number of hydrogen-bond donors (Lipinski definition) is 2. The fourth-order valence-electron chi connectivity index (χ4n) is 3.26. The lowest BCUT2D eigenvalue weighted by Crippen LogP contribution is -2.09. The van der Waals surface area contributed by atoms with Crippen molar-refractivity contribution >= 4 is 11.8 Å². The van der Waals surface area contributed by atoms with Gasteiger partial charge in [-0.25, -0.2) is 4.79 Å². The van der Waals surface area contributed by atoms with Crippen molar-refractivity contribution in [3.8, 4) is 17.2 Å². The average molecular weight is 406 g/mol. The lowest BCUT2D eigenvalue weighted by molar-refractivity contribution is 0.0693. The number of aromatic hydroxyl groups is 1. The number of hydrogen-bond acceptors (Lipinski definition) is 5. The third-order valence-corrected chi connectivity index (χ3v) is 4.80. The van der Waals surface area contributed by atoms with E-state index in [0.717, 1.165) is 5.56 Å². The lowest BCUT2D eigenvalue weighted by Gasteiger charge is -2.17. The topological polar surface area (TPSA) is 93.1 Å². The Labute approximate surface area is 174 Å². The van der Waals surface area contributed by atoms with E-state index in [2.05, 4.69) is 0 Å². The second kappa shape index (κ2) is 9.13. The molecule has 6 nitrogen and oxygen atoms in total. The van der Waals surface area contributed by atoms with E-state index in [9.17, 15) is 19.8 Å². The second-order valence-electron chi connectivity index (χ2n) is 6.74. The minimum atomic E-state index is -1.09. The number of carboxylic acids is 1. The minimum absolute atomic E-state index is 0.0727. The molecular formula is C24H22O6. The van der Waals surface area contributed by atoms with E-state index < -0.39 is 5.97 Å². The SMILES string of the molecule is COc1cccc(C(=O)O)c1COc1ccc(C(C)=O)c(O)c1Cc1ccccc1. The van der Waals surface area contributed by atoms with E-state index in [-0.39, 0.29) is 29.3 Å². The number of Topliss-reactive ketones (excluding diaryl/α,β-unsaturated/α-hetero) is 1. The minimum Gasteiger partial charge on any atom is -0.507 e. The van der Waals surface area contributed by atoms with Crippen LogP contribution in [0.2, 0.25) is 0 Å². The summed E-state index contributed by atoms with van der Waals surface area (Å²) in [5.41, 5.74) is 2.05. The van der Waals surface area contributed by atoms with Gasteiger partial charge in [0.2, 0.25) is 0 Å². The molecule has 0 aromatic heterocycles. The Morgan fingerprint density at radius 1 is 0.867 bits per heavy atom. The van der Waals surface area contributed by atoms with Crippen LogP contribution in [0.5, 0.6) is 17.2 Å². The molecule has 6 heteroatoms. The summed E-state index contributed by atoms with van der Waals surface area (Å²) in [5.74, 6) is -0.729. The van der Waals surface area contributed by atoms with Crippen LogP contribution in [-0.2, 0) is 13.0 Å². The molecule has 0 atom stereocenters. The number of carbonyl (C=O) groups excluding carboxylic acids is 1. The van der Waals surface area contributed by atoms with Crippen molar-refractivity contribution in [1.82, 2.24) is 0 Å². The van der Waals surface area contributed by atoms with Crippen molar-refractivity contribution in [2.75, 3.05) is 7.11 Å². The largest absolute Gasteiger partial charge is 0.507 e. The molecule has 3 aromatic rings. The molecule has 0 saturated carbocycles. The van der Waals surface area contributed by atoms with E-state index in [1.807, 2.05) is 30.3 Å². The molecule has 0 unspecified atom stereocenters. The molecule has 2 N–H and O–H groups in total. The predicted molar refractivity (Wildman–Crippen MR) is 112 cm³/mol. The van der Waals surface area contributed by atoms with E-state index in [4.69, 9.17) is 9.47 Å². The van der Waals surface area contributed by atoms with Gasteiger partial charge in [-0.1, -0.05) is 36.4 Å². The number of methoxy groups -OCH3 is 1. The number of benzene rings is 3. The van der Waals surface area contributed by atoms with Crippen molar-refractivity contribution < 1.29 is 29.3 Å². The van der Waals surface area contributed by atoms with Crippen molar-refractivity contribution in [2.24, 2.45) is 0 Å². The lowest BCUT2D eigenvalue weighted by atomic mass is 9.98. The molecule has 3 aromatic carbocycles. The summed E-state index contributed by atoms with van der Waals surface area (Å²) in [4.78, 5) is 23.5. The maximum atomic E-state index is 11.9. The van der Waals surface area contributed by atoms with Crippen LogP contribution in [0.3, 0.4) is 0 Å². The number of phenolic OH excluding ortho intramolecular Hbond substituents is 1. The van der Waals surface area contributed by atoms with Crippen LogP contribution in [0.25, 0.3) is 0 Å². The van der Waals surface area contributed by atoms with Gasteiger partial charge in [-0.05, 0) is 36.8 Å². The summed E-state index contributed by atoms with van der Waals surface area (Å²) in [6, 6.07) is 17.3. The standard InChI is InChI=1S/C24H22O6/c1-15(25)17-11-12-22(19(23(17)26)13-16-7-4-3-5-8-16)30-14-20-18(24(27)28)9-6-10-21(20)29-2/h3-12,26H,13-14H2,1-2H3,(H,27,28). The quantitative estimate of drug-likeness (QED) is 0.536. The molecule has 0 amide bonds. The van der Waals surface area contributed by atoms with E-state index in [1.165, 1.54) is 26.2 Å². The zero-order valence-corrected chi connectivity index (χ0v) is 16.7. The molecular weight excluding hydrogens is 384 g/mol. The highest BCUT2D eigenvalue weighted by molar-refractivity contribution is 5.97. The Balaban J connectivity index is 2.00. The van der Waals surface area contributed by atoms with Gasteiger partial charge in [0.1, 0.15) is 23.9 Å².